The second-order valence-electron chi connectivity index (χ2n) is 7.28. The largest absolute Gasteiger partial charge is 0.497 e. The van der Waals surface area contributed by atoms with E-state index in [-0.39, 0.29) is 26.9 Å². The number of sulfonamides is 2. The summed E-state index contributed by atoms with van der Waals surface area (Å²) in [5.74, 6) is 1.54. The molecule has 3 rings (SSSR count). The average Bonchev–Trinajstić information content (AvgIpc) is 2.85. The number of anilines is 2. The molecule has 0 aromatic heterocycles. The summed E-state index contributed by atoms with van der Waals surface area (Å²) in [6.07, 6.45) is 0. The highest BCUT2D eigenvalue weighted by Gasteiger charge is 2.20. The number of nitrogens with one attached hydrogen (secondary N) is 2. The molecule has 0 amide bonds. The molecule has 0 aliphatic rings. The zero-order chi connectivity index (χ0) is 26.3. The van der Waals surface area contributed by atoms with Crippen LogP contribution in [0.5, 0.6) is 23.0 Å². The highest BCUT2D eigenvalue weighted by atomic mass is 32.2. The van der Waals surface area contributed by atoms with Crippen molar-refractivity contribution in [3.63, 3.8) is 0 Å². The molecule has 0 heterocycles. The van der Waals surface area contributed by atoms with Crippen LogP contribution in [0.4, 0.5) is 11.4 Å². The van der Waals surface area contributed by atoms with E-state index in [0.29, 0.717) is 30.5 Å². The number of benzene rings is 3. The van der Waals surface area contributed by atoms with Gasteiger partial charge in [0, 0.05) is 17.8 Å². The Kier molecular flexibility index (Phi) is 8.53. The zero-order valence-electron chi connectivity index (χ0n) is 20.3. The first kappa shape index (κ1) is 27.0. The SMILES string of the molecule is CCOc1ccc(S(=O)(=O)Nc2ccc(S(=O)(=O)Nc3ccc(OC)cc3OC)cc2)cc1OCC. The molecule has 3 aromatic rings. The fraction of sp³-hybridized carbons (Fsp3) is 0.250. The van der Waals surface area contributed by atoms with E-state index >= 15 is 0 Å². The Morgan fingerprint density at radius 2 is 1.25 bits per heavy atom. The lowest BCUT2D eigenvalue weighted by molar-refractivity contribution is 0.287. The Balaban J connectivity index is 1.80. The van der Waals surface area contributed by atoms with Gasteiger partial charge in [-0.2, -0.15) is 0 Å². The van der Waals surface area contributed by atoms with E-state index in [2.05, 4.69) is 9.44 Å². The van der Waals surface area contributed by atoms with Crippen molar-refractivity contribution in [3.8, 4) is 23.0 Å². The third-order valence-corrected chi connectivity index (χ3v) is 7.66. The zero-order valence-corrected chi connectivity index (χ0v) is 21.9. The molecular formula is C24H28N2O8S2. The summed E-state index contributed by atoms with van der Waals surface area (Å²) in [5, 5.41) is 0. The van der Waals surface area contributed by atoms with Gasteiger partial charge in [-0.25, -0.2) is 16.8 Å². The van der Waals surface area contributed by atoms with E-state index < -0.39 is 20.0 Å². The maximum Gasteiger partial charge on any atom is 0.262 e. The van der Waals surface area contributed by atoms with Crippen molar-refractivity contribution in [2.45, 2.75) is 23.6 Å². The summed E-state index contributed by atoms with van der Waals surface area (Å²) >= 11 is 0. The molecular weight excluding hydrogens is 508 g/mol. The monoisotopic (exact) mass is 536 g/mol. The molecule has 0 fully saturated rings. The van der Waals surface area contributed by atoms with Crippen LogP contribution in [-0.2, 0) is 20.0 Å². The molecule has 0 radical (unpaired) electrons. The van der Waals surface area contributed by atoms with Crippen LogP contribution in [0.1, 0.15) is 13.8 Å². The van der Waals surface area contributed by atoms with Crippen LogP contribution in [0.2, 0.25) is 0 Å². The standard InChI is InChI=1S/C24H28N2O8S2/c1-5-33-22-14-12-20(16-24(22)34-6-2)36(29,30)25-17-7-10-19(11-8-17)35(27,28)26-21-13-9-18(31-3)15-23(21)32-4/h7-16,25-26H,5-6H2,1-4H3. The van der Waals surface area contributed by atoms with E-state index in [1.54, 1.807) is 19.1 Å². The van der Waals surface area contributed by atoms with E-state index in [4.69, 9.17) is 18.9 Å². The minimum Gasteiger partial charge on any atom is -0.497 e. The first-order chi connectivity index (χ1) is 17.1. The minimum atomic E-state index is -3.98. The molecule has 0 aliphatic heterocycles. The minimum absolute atomic E-state index is 0.0284. The van der Waals surface area contributed by atoms with Crippen LogP contribution in [0.15, 0.2) is 70.5 Å². The fourth-order valence-corrected chi connectivity index (χ4v) is 5.35. The van der Waals surface area contributed by atoms with Gasteiger partial charge in [0.25, 0.3) is 20.0 Å². The number of hydrogen-bond acceptors (Lipinski definition) is 8. The van der Waals surface area contributed by atoms with Crippen molar-refractivity contribution in [2.24, 2.45) is 0 Å². The predicted octanol–water partition coefficient (Wildman–Crippen LogP) is 4.10. The highest BCUT2D eigenvalue weighted by Crippen LogP contribution is 2.32. The predicted molar refractivity (Wildman–Crippen MR) is 136 cm³/mol. The number of rotatable bonds is 12. The molecule has 194 valence electrons. The third-order valence-electron chi connectivity index (χ3n) is 4.90. The summed E-state index contributed by atoms with van der Waals surface area (Å²) in [4.78, 5) is -0.0950. The highest BCUT2D eigenvalue weighted by molar-refractivity contribution is 7.93. The third kappa shape index (κ3) is 6.32. The van der Waals surface area contributed by atoms with E-state index in [1.165, 1.54) is 62.8 Å². The summed E-state index contributed by atoms with van der Waals surface area (Å²) in [5.41, 5.74) is 0.409. The Bertz CT molecular complexity index is 1410. The van der Waals surface area contributed by atoms with Crippen molar-refractivity contribution in [2.75, 3.05) is 36.9 Å². The van der Waals surface area contributed by atoms with Crippen LogP contribution in [0, 0.1) is 0 Å². The van der Waals surface area contributed by atoms with Crippen molar-refractivity contribution in [1.29, 1.82) is 0 Å². The molecule has 0 bridgehead atoms. The molecule has 0 saturated heterocycles. The van der Waals surface area contributed by atoms with Gasteiger partial charge in [0.15, 0.2) is 11.5 Å². The first-order valence-corrected chi connectivity index (χ1v) is 13.9. The first-order valence-electron chi connectivity index (χ1n) is 10.9. The summed E-state index contributed by atoms with van der Waals surface area (Å²) < 4.78 is 77.8. The molecule has 2 N–H and O–H groups in total. The average molecular weight is 537 g/mol. The van der Waals surface area contributed by atoms with Gasteiger partial charge >= 0.3 is 0 Å². The molecule has 3 aromatic carbocycles. The van der Waals surface area contributed by atoms with Gasteiger partial charge < -0.3 is 18.9 Å². The van der Waals surface area contributed by atoms with Gasteiger partial charge in [0.05, 0.1) is 42.9 Å². The molecule has 36 heavy (non-hydrogen) atoms. The van der Waals surface area contributed by atoms with E-state index in [1.807, 2.05) is 6.92 Å². The van der Waals surface area contributed by atoms with E-state index in [0.717, 1.165) is 0 Å². The van der Waals surface area contributed by atoms with Crippen molar-refractivity contribution < 1.29 is 35.8 Å². The van der Waals surface area contributed by atoms with Gasteiger partial charge in [-0.1, -0.05) is 0 Å². The summed E-state index contributed by atoms with van der Waals surface area (Å²) in [7, 11) is -5.06. The fourth-order valence-electron chi connectivity index (χ4n) is 3.20. The van der Waals surface area contributed by atoms with E-state index in [9.17, 15) is 16.8 Å². The van der Waals surface area contributed by atoms with Crippen molar-refractivity contribution in [1.82, 2.24) is 0 Å². The molecule has 12 heteroatoms. The van der Waals surface area contributed by atoms with Gasteiger partial charge in [0.1, 0.15) is 11.5 Å². The molecule has 0 spiro atoms. The summed E-state index contributed by atoms with van der Waals surface area (Å²) in [6.45, 7) is 4.34. The van der Waals surface area contributed by atoms with Crippen molar-refractivity contribution in [3.05, 3.63) is 60.7 Å². The van der Waals surface area contributed by atoms with Gasteiger partial charge in [0.2, 0.25) is 0 Å². The van der Waals surface area contributed by atoms with Crippen LogP contribution >= 0.6 is 0 Å². The van der Waals surface area contributed by atoms with Gasteiger partial charge in [-0.05, 0) is 62.4 Å². The second-order valence-corrected chi connectivity index (χ2v) is 10.6. The van der Waals surface area contributed by atoms with Gasteiger partial charge in [-0.15, -0.1) is 0 Å². The normalized spacial score (nSPS) is 11.4. The topological polar surface area (TPSA) is 129 Å². The lowest BCUT2D eigenvalue weighted by Gasteiger charge is -2.14. The maximum absolute atomic E-state index is 12.9. The molecule has 0 aliphatic carbocycles. The molecule has 0 atom stereocenters. The Hall–Kier alpha value is -3.64. The smallest absolute Gasteiger partial charge is 0.262 e. The maximum atomic E-state index is 12.9. The molecule has 0 unspecified atom stereocenters. The number of methoxy groups -OCH3 is 2. The lowest BCUT2D eigenvalue weighted by Crippen LogP contribution is -2.15. The quantitative estimate of drug-likeness (QED) is 0.354. The number of ether oxygens (including phenoxy) is 4. The van der Waals surface area contributed by atoms with Crippen LogP contribution in [0.3, 0.4) is 0 Å². The number of hydrogen-bond donors (Lipinski definition) is 2. The van der Waals surface area contributed by atoms with Crippen LogP contribution < -0.4 is 28.4 Å². The second kappa shape index (κ2) is 11.4. The molecule has 0 saturated carbocycles. The molecule has 10 nitrogen and oxygen atoms in total. The Labute approximate surface area is 211 Å². The Morgan fingerprint density at radius 3 is 1.86 bits per heavy atom. The van der Waals surface area contributed by atoms with Crippen molar-refractivity contribution >= 4 is 31.4 Å². The van der Waals surface area contributed by atoms with Crippen LogP contribution in [-0.4, -0.2) is 44.3 Å². The lowest BCUT2D eigenvalue weighted by atomic mass is 10.3. The van der Waals surface area contributed by atoms with Gasteiger partial charge in [-0.3, -0.25) is 9.44 Å². The summed E-state index contributed by atoms with van der Waals surface area (Å²) in [6, 6.07) is 14.3. The van der Waals surface area contributed by atoms with Crippen LogP contribution in [0.25, 0.3) is 0 Å². The Morgan fingerprint density at radius 1 is 0.639 bits per heavy atom.